The molecule has 0 spiro atoms. The minimum atomic E-state index is 0. The van der Waals surface area contributed by atoms with Gasteiger partial charge in [0.25, 0.3) is 0 Å². The molecule has 1 aromatic rings. The third-order valence-corrected chi connectivity index (χ3v) is 0.888. The maximum Gasteiger partial charge on any atom is 2.00 e. The standard InChI is InChI=1S/C6H7NO.2CH3.Ti/c8-5-6-3-1-2-4-7-6;;;/h1-4,8H,5H2;2*1H3;/q;2*-1;+2. The Kier molecular flexibility index (Phi) is 15.2. The second-order valence-electron chi connectivity index (χ2n) is 1.48. The monoisotopic (exact) mass is 187 g/mol. The van der Waals surface area contributed by atoms with Crippen LogP contribution in [-0.4, -0.2) is 10.1 Å². The van der Waals surface area contributed by atoms with Crippen molar-refractivity contribution in [2.75, 3.05) is 0 Å². The number of aliphatic hydroxyl groups excluding tert-OH is 1. The Morgan fingerprint density at radius 3 is 2.18 bits per heavy atom. The first kappa shape index (κ1) is 17.1. The molecule has 1 aromatic heterocycles. The first-order valence-corrected chi connectivity index (χ1v) is 2.44. The van der Waals surface area contributed by atoms with E-state index in [0.717, 1.165) is 0 Å². The summed E-state index contributed by atoms with van der Waals surface area (Å²) in [5, 5.41) is 8.48. The van der Waals surface area contributed by atoms with E-state index in [4.69, 9.17) is 5.11 Å². The quantitative estimate of drug-likeness (QED) is 0.533. The van der Waals surface area contributed by atoms with Crippen LogP contribution in [0.25, 0.3) is 0 Å². The topological polar surface area (TPSA) is 33.1 Å². The van der Waals surface area contributed by atoms with Crippen LogP contribution in [0.15, 0.2) is 24.4 Å². The summed E-state index contributed by atoms with van der Waals surface area (Å²) in [6.45, 7) is 0.0286. The zero-order valence-electron chi connectivity index (χ0n) is 6.91. The van der Waals surface area contributed by atoms with Crippen molar-refractivity contribution in [2.45, 2.75) is 6.61 Å². The maximum absolute atomic E-state index is 8.48. The third-order valence-electron chi connectivity index (χ3n) is 0.888. The van der Waals surface area contributed by atoms with Gasteiger partial charge in [-0.2, -0.15) is 0 Å². The van der Waals surface area contributed by atoms with E-state index in [2.05, 4.69) is 4.98 Å². The van der Waals surface area contributed by atoms with Crippen LogP contribution >= 0.6 is 0 Å². The van der Waals surface area contributed by atoms with Crippen LogP contribution in [0, 0.1) is 14.9 Å². The van der Waals surface area contributed by atoms with Crippen molar-refractivity contribution in [1.82, 2.24) is 4.98 Å². The van der Waals surface area contributed by atoms with Gasteiger partial charge in [-0.1, -0.05) is 6.07 Å². The molecule has 3 heteroatoms. The number of nitrogens with zero attached hydrogens (tertiary/aromatic N) is 1. The number of aromatic nitrogens is 1. The summed E-state index contributed by atoms with van der Waals surface area (Å²) in [6.07, 6.45) is 1.66. The Morgan fingerprint density at radius 2 is 1.91 bits per heavy atom. The molecule has 2 nitrogen and oxygen atoms in total. The molecule has 1 N–H and O–H groups in total. The fourth-order valence-corrected chi connectivity index (χ4v) is 0.492. The molecule has 0 aliphatic carbocycles. The van der Waals surface area contributed by atoms with Gasteiger partial charge in [0.2, 0.25) is 0 Å². The molecule has 60 valence electrons. The summed E-state index contributed by atoms with van der Waals surface area (Å²) in [4.78, 5) is 3.85. The van der Waals surface area contributed by atoms with Gasteiger partial charge in [0.05, 0.1) is 12.3 Å². The molecule has 0 fully saturated rings. The number of hydrogen-bond acceptors (Lipinski definition) is 2. The Hall–Kier alpha value is -0.176. The summed E-state index contributed by atoms with van der Waals surface area (Å²) in [7, 11) is 0. The van der Waals surface area contributed by atoms with E-state index >= 15 is 0 Å². The fraction of sp³-hybridized carbons (Fsp3) is 0.125. The number of rotatable bonds is 1. The smallest absolute Gasteiger partial charge is 0.390 e. The zero-order chi connectivity index (χ0) is 5.82. The molecule has 1 heterocycles. The molecule has 11 heavy (non-hydrogen) atoms. The van der Waals surface area contributed by atoms with Gasteiger partial charge in [0.15, 0.2) is 0 Å². The van der Waals surface area contributed by atoms with E-state index < -0.39 is 0 Å². The molecule has 0 unspecified atom stereocenters. The second-order valence-corrected chi connectivity index (χ2v) is 1.48. The van der Waals surface area contributed by atoms with E-state index in [1.807, 2.05) is 12.1 Å². The number of aliphatic hydroxyl groups is 1. The van der Waals surface area contributed by atoms with Gasteiger partial charge in [0.1, 0.15) is 0 Å². The van der Waals surface area contributed by atoms with Crippen molar-refractivity contribution in [1.29, 1.82) is 0 Å². The molecule has 0 saturated heterocycles. The zero-order valence-corrected chi connectivity index (χ0v) is 8.47. The Bertz CT molecular complexity index is 155. The third kappa shape index (κ3) is 6.23. The summed E-state index contributed by atoms with van der Waals surface area (Å²) < 4.78 is 0. The van der Waals surface area contributed by atoms with E-state index in [9.17, 15) is 0 Å². The largest absolute Gasteiger partial charge is 2.00 e. The van der Waals surface area contributed by atoms with Crippen molar-refractivity contribution < 1.29 is 26.8 Å². The van der Waals surface area contributed by atoms with Crippen molar-refractivity contribution in [3.63, 3.8) is 0 Å². The van der Waals surface area contributed by atoms with Crippen LogP contribution in [0.1, 0.15) is 5.69 Å². The number of hydrogen-bond donors (Lipinski definition) is 1. The van der Waals surface area contributed by atoms with Gasteiger partial charge in [-0.3, -0.25) is 4.98 Å². The molecule has 0 aromatic carbocycles. The summed E-state index contributed by atoms with van der Waals surface area (Å²) in [6, 6.07) is 5.44. The predicted molar refractivity (Wildman–Crippen MR) is 43.0 cm³/mol. The van der Waals surface area contributed by atoms with E-state index in [-0.39, 0.29) is 43.2 Å². The van der Waals surface area contributed by atoms with Gasteiger partial charge < -0.3 is 20.0 Å². The molecule has 0 aliphatic heterocycles. The van der Waals surface area contributed by atoms with E-state index in [0.29, 0.717) is 5.69 Å². The van der Waals surface area contributed by atoms with Crippen LogP contribution < -0.4 is 0 Å². The van der Waals surface area contributed by atoms with Crippen LogP contribution in [-0.2, 0) is 28.3 Å². The molecule has 0 atom stereocenters. The van der Waals surface area contributed by atoms with Gasteiger partial charge in [-0.25, -0.2) is 0 Å². The Balaban J connectivity index is -0.000000213. The molecule has 0 radical (unpaired) electrons. The van der Waals surface area contributed by atoms with Gasteiger partial charge in [-0.15, -0.1) is 0 Å². The molecule has 0 saturated carbocycles. The van der Waals surface area contributed by atoms with Gasteiger partial charge in [0, 0.05) is 6.20 Å². The normalized spacial score (nSPS) is 6.64. The van der Waals surface area contributed by atoms with Crippen molar-refractivity contribution in [2.24, 2.45) is 0 Å². The molecular formula is C8H13NOTi. The van der Waals surface area contributed by atoms with Crippen LogP contribution in [0.3, 0.4) is 0 Å². The van der Waals surface area contributed by atoms with Gasteiger partial charge in [-0.05, 0) is 12.1 Å². The fourth-order valence-electron chi connectivity index (χ4n) is 0.492. The minimum absolute atomic E-state index is 0. The average Bonchev–Trinajstić information content (AvgIpc) is 1.90. The molecule has 0 aliphatic rings. The summed E-state index contributed by atoms with van der Waals surface area (Å²) in [5.74, 6) is 0. The Labute approximate surface area is 83.6 Å². The van der Waals surface area contributed by atoms with Crippen LogP contribution in [0.4, 0.5) is 0 Å². The minimum Gasteiger partial charge on any atom is -0.390 e. The van der Waals surface area contributed by atoms with Crippen LogP contribution in [0.2, 0.25) is 0 Å². The summed E-state index contributed by atoms with van der Waals surface area (Å²) in [5.41, 5.74) is 0.715. The first-order valence-electron chi connectivity index (χ1n) is 2.44. The maximum atomic E-state index is 8.48. The second kappa shape index (κ2) is 9.82. The Morgan fingerprint density at radius 1 is 1.27 bits per heavy atom. The van der Waals surface area contributed by atoms with E-state index in [1.165, 1.54) is 0 Å². The van der Waals surface area contributed by atoms with Crippen molar-refractivity contribution >= 4 is 0 Å². The first-order chi connectivity index (χ1) is 3.93. The van der Waals surface area contributed by atoms with Gasteiger partial charge >= 0.3 is 21.7 Å². The van der Waals surface area contributed by atoms with Crippen molar-refractivity contribution in [3.05, 3.63) is 44.9 Å². The van der Waals surface area contributed by atoms with E-state index in [1.54, 1.807) is 12.3 Å². The van der Waals surface area contributed by atoms with Crippen molar-refractivity contribution in [3.8, 4) is 0 Å². The molecule has 1 rings (SSSR count). The average molecular weight is 187 g/mol. The SMILES string of the molecule is OCc1ccccn1.[CH3-].[CH3-].[Ti+2]. The summed E-state index contributed by atoms with van der Waals surface area (Å²) >= 11 is 0. The molecule has 0 amide bonds. The predicted octanol–water partition coefficient (Wildman–Crippen LogP) is 1.47. The molecular weight excluding hydrogens is 174 g/mol. The number of pyridine rings is 1. The molecule has 0 bridgehead atoms. The van der Waals surface area contributed by atoms with Crippen LogP contribution in [0.5, 0.6) is 0 Å².